The molecule has 13 heteroatoms. The number of nitrogens with one attached hydrogen (secondary N) is 3. The van der Waals surface area contributed by atoms with Gasteiger partial charge in [0.05, 0.1) is 26.2 Å². The number of anilines is 2. The Morgan fingerprint density at radius 2 is 1.64 bits per heavy atom. The molecule has 11 nitrogen and oxygen atoms in total. The number of benzene rings is 2. The van der Waals surface area contributed by atoms with Crippen molar-refractivity contribution in [2.24, 2.45) is 0 Å². The summed E-state index contributed by atoms with van der Waals surface area (Å²) in [5.41, 5.74) is 1.29. The van der Waals surface area contributed by atoms with Gasteiger partial charge in [-0.3, -0.25) is 14.8 Å². The molecule has 188 valence electrons. The molecule has 0 bridgehead atoms. The molecule has 1 amide bonds. The number of hydrogen-bond donors (Lipinski definition) is 3. The minimum Gasteiger partial charge on any atom is -0.497 e. The summed E-state index contributed by atoms with van der Waals surface area (Å²) in [5, 5.41) is 5.40. The third kappa shape index (κ3) is 7.38. The molecular weight excluding hydrogens is 506 g/mol. The third-order valence-electron chi connectivity index (χ3n) is 4.51. The Bertz CT molecular complexity index is 1340. The second-order valence-electron chi connectivity index (χ2n) is 6.96. The molecule has 0 radical (unpaired) electrons. The average molecular weight is 530 g/mol. The van der Waals surface area contributed by atoms with Crippen LogP contribution in [0, 0.1) is 0 Å². The Labute approximate surface area is 213 Å². The fourth-order valence-electron chi connectivity index (χ4n) is 2.77. The van der Waals surface area contributed by atoms with Crippen molar-refractivity contribution >= 4 is 50.8 Å². The molecule has 0 aliphatic rings. The Balaban J connectivity index is 1.59. The average Bonchev–Trinajstić information content (AvgIpc) is 2.87. The predicted octanol–water partition coefficient (Wildman–Crippen LogP) is 2.83. The van der Waals surface area contributed by atoms with Crippen LogP contribution in [0.5, 0.6) is 17.6 Å². The van der Waals surface area contributed by atoms with Crippen molar-refractivity contribution in [3.8, 4) is 17.6 Å². The first-order chi connectivity index (χ1) is 17.2. The number of ether oxygens (including phenoxy) is 3. The lowest BCUT2D eigenvalue weighted by Crippen LogP contribution is -2.32. The highest BCUT2D eigenvalue weighted by Crippen LogP contribution is 2.21. The Morgan fingerprint density at radius 1 is 0.944 bits per heavy atom. The smallest absolute Gasteiger partial charge is 0.321 e. The van der Waals surface area contributed by atoms with Crippen molar-refractivity contribution in [3.05, 3.63) is 66.2 Å². The second-order valence-corrected chi connectivity index (χ2v) is 9.05. The lowest BCUT2D eigenvalue weighted by atomic mass is 10.2. The number of carbonyl (C=O) groups is 1. The molecule has 1 heterocycles. The third-order valence-corrected chi connectivity index (χ3v) is 6.09. The summed E-state index contributed by atoms with van der Waals surface area (Å²) in [7, 11) is 0.345. The Kier molecular flexibility index (Phi) is 8.76. The molecule has 0 atom stereocenters. The molecule has 3 N–H and O–H groups in total. The summed E-state index contributed by atoms with van der Waals surface area (Å²) in [4.78, 5) is 20.0. The number of rotatable bonds is 9. The normalized spacial score (nSPS) is 11.0. The zero-order chi connectivity index (χ0) is 26.1. The molecule has 0 saturated heterocycles. The lowest BCUT2D eigenvalue weighted by molar-refractivity contribution is -0.115. The van der Waals surface area contributed by atoms with Crippen LogP contribution in [0.2, 0.25) is 0 Å². The molecule has 3 aromatic rings. The minimum absolute atomic E-state index is 0.0208. The maximum absolute atomic E-state index is 12.7. The van der Waals surface area contributed by atoms with E-state index in [0.29, 0.717) is 11.4 Å². The van der Waals surface area contributed by atoms with E-state index in [4.69, 9.17) is 26.4 Å². The van der Waals surface area contributed by atoms with Crippen molar-refractivity contribution in [3.63, 3.8) is 0 Å². The van der Waals surface area contributed by atoms with Crippen LogP contribution in [0.4, 0.5) is 11.5 Å². The first-order valence-corrected chi connectivity index (χ1v) is 12.2. The summed E-state index contributed by atoms with van der Waals surface area (Å²) < 4.78 is 42.9. The Morgan fingerprint density at radius 3 is 2.25 bits per heavy atom. The van der Waals surface area contributed by atoms with Gasteiger partial charge in [-0.25, -0.2) is 8.42 Å². The summed E-state index contributed by atoms with van der Waals surface area (Å²) >= 11 is 5.15. The number of nitrogens with zero attached hydrogens (tertiary/aromatic N) is 2. The fraction of sp³-hybridized carbons (Fsp3) is 0.130. The number of sulfonamides is 1. The summed E-state index contributed by atoms with van der Waals surface area (Å²) in [6.07, 6.45) is 2.97. The molecule has 1 aromatic heterocycles. The first-order valence-electron chi connectivity index (χ1n) is 10.3. The lowest BCUT2D eigenvalue weighted by Gasteiger charge is -2.11. The van der Waals surface area contributed by atoms with Gasteiger partial charge in [0.2, 0.25) is 11.8 Å². The van der Waals surface area contributed by atoms with Crippen LogP contribution in [-0.2, 0) is 14.8 Å². The number of amides is 1. The summed E-state index contributed by atoms with van der Waals surface area (Å²) in [5.74, 6) is 0.398. The molecule has 0 spiro atoms. The SMILES string of the molecule is COc1ccc(/C=C/C(=O)NC(=S)Nc2ccc(S(=O)(=O)Nc3cc(OC)nc(OC)n3)cc2)cc1. The van der Waals surface area contributed by atoms with E-state index in [-0.39, 0.29) is 27.7 Å². The van der Waals surface area contributed by atoms with Crippen LogP contribution in [-0.4, -0.2) is 50.7 Å². The molecule has 0 fully saturated rings. The van der Waals surface area contributed by atoms with Crippen LogP contribution >= 0.6 is 12.2 Å². The van der Waals surface area contributed by atoms with Crippen LogP contribution in [0.1, 0.15) is 5.56 Å². The highest BCUT2D eigenvalue weighted by molar-refractivity contribution is 7.92. The number of hydrogen-bond acceptors (Lipinski definition) is 9. The molecule has 0 aliphatic heterocycles. The zero-order valence-corrected chi connectivity index (χ0v) is 21.1. The molecule has 3 rings (SSSR count). The van der Waals surface area contributed by atoms with E-state index in [1.54, 1.807) is 37.5 Å². The van der Waals surface area contributed by atoms with Crippen LogP contribution < -0.4 is 29.6 Å². The van der Waals surface area contributed by atoms with E-state index >= 15 is 0 Å². The van der Waals surface area contributed by atoms with Crippen molar-refractivity contribution in [1.82, 2.24) is 15.3 Å². The van der Waals surface area contributed by atoms with Gasteiger partial charge in [-0.1, -0.05) is 12.1 Å². The van der Waals surface area contributed by atoms with Crippen molar-refractivity contribution < 1.29 is 27.4 Å². The second kappa shape index (κ2) is 12.0. The van der Waals surface area contributed by atoms with E-state index in [0.717, 1.165) is 5.56 Å². The zero-order valence-electron chi connectivity index (χ0n) is 19.5. The standard InChI is InChI=1S/C23H23N5O6S2/c1-32-17-9-4-15(5-10-17)6-13-20(29)26-23(35)24-16-7-11-18(12-8-16)36(30,31)28-19-14-21(33-2)27-22(25-19)34-3/h4-14H,1-3H3,(H,25,27,28)(H2,24,26,29,35)/b13-6+. The van der Waals surface area contributed by atoms with Crippen LogP contribution in [0.15, 0.2) is 65.6 Å². The number of thiocarbonyl (C=S) groups is 1. The van der Waals surface area contributed by atoms with Gasteiger partial charge in [0, 0.05) is 17.8 Å². The Hall–Kier alpha value is -4.23. The number of methoxy groups -OCH3 is 3. The van der Waals surface area contributed by atoms with Gasteiger partial charge in [-0.05, 0) is 60.3 Å². The van der Waals surface area contributed by atoms with Crippen molar-refractivity contribution in [1.29, 1.82) is 0 Å². The molecule has 0 saturated carbocycles. The van der Waals surface area contributed by atoms with Crippen molar-refractivity contribution in [2.75, 3.05) is 31.4 Å². The molecule has 0 aliphatic carbocycles. The highest BCUT2D eigenvalue weighted by Gasteiger charge is 2.17. The van der Waals surface area contributed by atoms with Gasteiger partial charge >= 0.3 is 6.01 Å². The predicted molar refractivity (Wildman–Crippen MR) is 139 cm³/mol. The topological polar surface area (TPSA) is 141 Å². The van der Waals surface area contributed by atoms with E-state index in [9.17, 15) is 13.2 Å². The number of aromatic nitrogens is 2. The minimum atomic E-state index is -3.96. The number of carbonyl (C=O) groups excluding carboxylic acids is 1. The summed E-state index contributed by atoms with van der Waals surface area (Å²) in [6, 6.07) is 14.2. The van der Waals surface area contributed by atoms with E-state index < -0.39 is 15.9 Å². The van der Waals surface area contributed by atoms with Gasteiger partial charge in [0.1, 0.15) is 5.75 Å². The van der Waals surface area contributed by atoms with Crippen LogP contribution in [0.25, 0.3) is 6.08 Å². The van der Waals surface area contributed by atoms with Gasteiger partial charge in [-0.2, -0.15) is 9.97 Å². The van der Waals surface area contributed by atoms with Gasteiger partial charge in [-0.15, -0.1) is 0 Å². The quantitative estimate of drug-likeness (QED) is 0.280. The van der Waals surface area contributed by atoms with Gasteiger partial charge in [0.15, 0.2) is 10.9 Å². The molecular formula is C23H23N5O6S2. The first kappa shape index (κ1) is 26.4. The molecule has 2 aromatic carbocycles. The van der Waals surface area contributed by atoms with Crippen molar-refractivity contribution in [2.45, 2.75) is 4.90 Å². The fourth-order valence-corrected chi connectivity index (χ4v) is 3.98. The van der Waals surface area contributed by atoms with E-state index in [2.05, 4.69) is 25.3 Å². The molecule has 36 heavy (non-hydrogen) atoms. The molecule has 0 unspecified atom stereocenters. The van der Waals surface area contributed by atoms with Crippen LogP contribution in [0.3, 0.4) is 0 Å². The monoisotopic (exact) mass is 529 g/mol. The van der Waals surface area contributed by atoms with E-state index in [1.807, 2.05) is 0 Å². The largest absolute Gasteiger partial charge is 0.497 e. The summed E-state index contributed by atoms with van der Waals surface area (Å²) in [6.45, 7) is 0. The van der Waals surface area contributed by atoms with Gasteiger partial charge < -0.3 is 19.5 Å². The van der Waals surface area contributed by atoms with E-state index in [1.165, 1.54) is 50.6 Å². The maximum Gasteiger partial charge on any atom is 0.321 e. The highest BCUT2D eigenvalue weighted by atomic mass is 32.2. The maximum atomic E-state index is 12.7. The van der Waals surface area contributed by atoms with Gasteiger partial charge in [0.25, 0.3) is 10.0 Å².